The molecule has 0 aliphatic carbocycles. The third-order valence-electron chi connectivity index (χ3n) is 4.83. The van der Waals surface area contributed by atoms with Crippen molar-refractivity contribution in [2.75, 3.05) is 13.2 Å². The Bertz CT molecular complexity index is 972. The molecule has 0 unspecified atom stereocenters. The van der Waals surface area contributed by atoms with Crippen LogP contribution in [0.15, 0.2) is 46.0 Å². The van der Waals surface area contributed by atoms with Gasteiger partial charge in [-0.25, -0.2) is 18.6 Å². The molecule has 5 nitrogen and oxygen atoms in total. The van der Waals surface area contributed by atoms with Gasteiger partial charge in [0.25, 0.3) is 0 Å². The van der Waals surface area contributed by atoms with Crippen LogP contribution in [-0.2, 0) is 9.53 Å². The molecular weight excluding hydrogens is 384 g/mol. The topological polar surface area (TPSA) is 54.8 Å². The summed E-state index contributed by atoms with van der Waals surface area (Å²) in [6, 6.07) is 2.42. The molecule has 1 fully saturated rings. The number of hydrogen-bond acceptors (Lipinski definition) is 6. The number of fused-ring (bicyclic) bond motifs is 1. The average Bonchev–Trinajstić information content (AvgIpc) is 3.29. The SMILES string of the molecule is CCOC(=O)C1=C2C[C@H](C)CN2C(c2nccs2)=N[C@H]1c1ccc(F)cc1F. The predicted molar refractivity (Wildman–Crippen MR) is 102 cm³/mol. The van der Waals surface area contributed by atoms with Gasteiger partial charge in [0.15, 0.2) is 10.8 Å². The monoisotopic (exact) mass is 403 g/mol. The molecule has 8 heteroatoms. The maximum Gasteiger partial charge on any atom is 0.338 e. The molecule has 0 bridgehead atoms. The normalized spacial score (nSPS) is 21.6. The third-order valence-corrected chi connectivity index (χ3v) is 5.60. The summed E-state index contributed by atoms with van der Waals surface area (Å²) in [6.45, 7) is 4.70. The molecule has 1 aromatic carbocycles. The second-order valence-corrected chi connectivity index (χ2v) is 7.75. The smallest absolute Gasteiger partial charge is 0.338 e. The molecular formula is C20H19F2N3O2S. The third kappa shape index (κ3) is 3.22. The van der Waals surface area contributed by atoms with Gasteiger partial charge in [-0.05, 0) is 25.3 Å². The molecule has 2 aliphatic rings. The van der Waals surface area contributed by atoms with E-state index in [0.717, 1.165) is 11.8 Å². The summed E-state index contributed by atoms with van der Waals surface area (Å²) >= 11 is 1.43. The number of aliphatic imine (C=N–C) groups is 1. The molecule has 1 aromatic heterocycles. The molecule has 0 spiro atoms. The Balaban J connectivity index is 1.91. The van der Waals surface area contributed by atoms with Crippen LogP contribution in [0.2, 0.25) is 0 Å². The van der Waals surface area contributed by atoms with Crippen LogP contribution in [0.3, 0.4) is 0 Å². The van der Waals surface area contributed by atoms with Crippen molar-refractivity contribution in [1.82, 2.24) is 9.88 Å². The number of ether oxygens (including phenoxy) is 1. The van der Waals surface area contributed by atoms with Crippen LogP contribution in [0.4, 0.5) is 8.78 Å². The van der Waals surface area contributed by atoms with Crippen molar-refractivity contribution >= 4 is 23.1 Å². The van der Waals surface area contributed by atoms with Crippen molar-refractivity contribution in [3.8, 4) is 0 Å². The molecule has 0 amide bonds. The van der Waals surface area contributed by atoms with Crippen molar-refractivity contribution in [3.63, 3.8) is 0 Å². The summed E-state index contributed by atoms with van der Waals surface area (Å²) in [5, 5.41) is 2.54. The molecule has 1 saturated heterocycles. The van der Waals surface area contributed by atoms with Gasteiger partial charge in [-0.1, -0.05) is 13.0 Å². The maximum absolute atomic E-state index is 14.6. The minimum atomic E-state index is -0.907. The van der Waals surface area contributed by atoms with Crippen molar-refractivity contribution in [1.29, 1.82) is 0 Å². The van der Waals surface area contributed by atoms with Gasteiger partial charge in [0.1, 0.15) is 17.7 Å². The fourth-order valence-corrected chi connectivity index (χ4v) is 4.34. The Morgan fingerprint density at radius 2 is 2.21 bits per heavy atom. The number of esters is 1. The van der Waals surface area contributed by atoms with Gasteiger partial charge in [0.05, 0.1) is 12.2 Å². The number of allylic oxidation sites excluding steroid dienone is 1. The number of amidine groups is 1. The number of benzene rings is 1. The highest BCUT2D eigenvalue weighted by atomic mass is 32.1. The van der Waals surface area contributed by atoms with Gasteiger partial charge < -0.3 is 9.64 Å². The van der Waals surface area contributed by atoms with Crippen LogP contribution in [0.25, 0.3) is 0 Å². The van der Waals surface area contributed by atoms with E-state index in [1.807, 2.05) is 10.3 Å². The lowest BCUT2D eigenvalue weighted by Gasteiger charge is -2.31. The lowest BCUT2D eigenvalue weighted by atomic mass is 9.93. The molecule has 4 rings (SSSR count). The average molecular weight is 403 g/mol. The Hall–Kier alpha value is -2.61. The Morgan fingerprint density at radius 1 is 1.39 bits per heavy atom. The molecule has 146 valence electrons. The first-order valence-electron chi connectivity index (χ1n) is 9.09. The van der Waals surface area contributed by atoms with Crippen molar-refractivity contribution in [2.24, 2.45) is 10.9 Å². The number of hydrogen-bond donors (Lipinski definition) is 0. The summed E-state index contributed by atoms with van der Waals surface area (Å²) in [5.74, 6) is -1.04. The molecule has 28 heavy (non-hydrogen) atoms. The van der Waals surface area contributed by atoms with Crippen LogP contribution in [0.1, 0.15) is 36.9 Å². The van der Waals surface area contributed by atoms with E-state index >= 15 is 0 Å². The fourth-order valence-electron chi connectivity index (χ4n) is 3.70. The standard InChI is InChI=1S/C20H19F2N3O2S/c1-3-27-20(26)16-15-8-11(2)10-25(15)18(19-23-6-7-28-19)24-17(16)13-5-4-12(21)9-14(13)22/h4-7,9,11,17H,3,8,10H2,1-2H3/t11-,17-/m0/s1. The summed E-state index contributed by atoms with van der Waals surface area (Å²) in [4.78, 5) is 23.9. The maximum atomic E-state index is 14.6. The fraction of sp³-hybridized carbons (Fsp3) is 0.350. The lowest BCUT2D eigenvalue weighted by Crippen LogP contribution is -2.35. The number of carbonyl (C=O) groups excluding carboxylic acids is 1. The highest BCUT2D eigenvalue weighted by molar-refractivity contribution is 7.11. The van der Waals surface area contributed by atoms with Gasteiger partial charge in [-0.3, -0.25) is 4.99 Å². The van der Waals surface area contributed by atoms with E-state index < -0.39 is 23.6 Å². The first kappa shape index (κ1) is 18.7. The second-order valence-electron chi connectivity index (χ2n) is 6.86. The van der Waals surface area contributed by atoms with E-state index in [1.54, 1.807) is 13.1 Å². The Labute approximate surface area is 165 Å². The molecule has 3 heterocycles. The molecule has 0 radical (unpaired) electrons. The number of halogens is 2. The minimum Gasteiger partial charge on any atom is -0.463 e. The van der Waals surface area contributed by atoms with E-state index in [4.69, 9.17) is 9.73 Å². The van der Waals surface area contributed by atoms with Crippen molar-refractivity contribution < 1.29 is 18.3 Å². The molecule has 2 aromatic rings. The largest absolute Gasteiger partial charge is 0.463 e. The highest BCUT2D eigenvalue weighted by Crippen LogP contribution is 2.42. The summed E-state index contributed by atoms with van der Waals surface area (Å²) in [5.41, 5.74) is 1.24. The summed E-state index contributed by atoms with van der Waals surface area (Å²) in [7, 11) is 0. The molecule has 2 aliphatic heterocycles. The van der Waals surface area contributed by atoms with Gasteiger partial charge in [0, 0.05) is 35.4 Å². The first-order valence-corrected chi connectivity index (χ1v) is 9.97. The number of carbonyl (C=O) groups is 1. The number of aromatic nitrogens is 1. The Kier molecular flexibility index (Phi) is 4.97. The Morgan fingerprint density at radius 3 is 2.89 bits per heavy atom. The van der Waals surface area contributed by atoms with Crippen LogP contribution in [-0.4, -0.2) is 34.8 Å². The highest BCUT2D eigenvalue weighted by Gasteiger charge is 2.41. The number of nitrogens with zero attached hydrogens (tertiary/aromatic N) is 3. The predicted octanol–water partition coefficient (Wildman–Crippen LogP) is 4.08. The number of rotatable bonds is 4. The summed E-state index contributed by atoms with van der Waals surface area (Å²) < 4.78 is 33.4. The quantitative estimate of drug-likeness (QED) is 0.722. The zero-order valence-corrected chi connectivity index (χ0v) is 16.3. The van der Waals surface area contributed by atoms with Crippen molar-refractivity contribution in [3.05, 3.63) is 63.3 Å². The molecule has 2 atom stereocenters. The molecule has 0 saturated carbocycles. The van der Waals surface area contributed by atoms with Crippen molar-refractivity contribution in [2.45, 2.75) is 26.3 Å². The van der Waals surface area contributed by atoms with E-state index in [9.17, 15) is 13.6 Å². The zero-order chi connectivity index (χ0) is 19.8. The van der Waals surface area contributed by atoms with Crippen LogP contribution < -0.4 is 0 Å². The lowest BCUT2D eigenvalue weighted by molar-refractivity contribution is -0.139. The number of thiazole rings is 1. The van der Waals surface area contributed by atoms with Crippen LogP contribution >= 0.6 is 11.3 Å². The van der Waals surface area contributed by atoms with Gasteiger partial charge >= 0.3 is 5.97 Å². The zero-order valence-electron chi connectivity index (χ0n) is 15.5. The van der Waals surface area contributed by atoms with E-state index in [0.29, 0.717) is 35.3 Å². The molecule has 0 N–H and O–H groups in total. The van der Waals surface area contributed by atoms with Crippen LogP contribution in [0, 0.1) is 17.6 Å². The van der Waals surface area contributed by atoms with E-state index in [-0.39, 0.29) is 12.2 Å². The van der Waals surface area contributed by atoms with E-state index in [2.05, 4.69) is 11.9 Å². The minimum absolute atomic E-state index is 0.144. The summed E-state index contributed by atoms with van der Waals surface area (Å²) in [6.07, 6.45) is 2.33. The van der Waals surface area contributed by atoms with Crippen LogP contribution in [0.5, 0.6) is 0 Å². The second kappa shape index (κ2) is 7.43. The first-order chi connectivity index (χ1) is 13.5. The van der Waals surface area contributed by atoms with Gasteiger partial charge in [0.2, 0.25) is 0 Å². The van der Waals surface area contributed by atoms with Gasteiger partial charge in [-0.15, -0.1) is 11.3 Å². The van der Waals surface area contributed by atoms with E-state index in [1.165, 1.54) is 23.5 Å². The van der Waals surface area contributed by atoms with Gasteiger partial charge in [-0.2, -0.15) is 0 Å².